The summed E-state index contributed by atoms with van der Waals surface area (Å²) in [6.45, 7) is 0. The van der Waals surface area contributed by atoms with E-state index in [1.165, 1.54) is 11.3 Å². The molecule has 0 aliphatic carbocycles. The molecular weight excluding hydrogens is 272 g/mol. The second-order valence-electron chi connectivity index (χ2n) is 3.46. The van der Waals surface area contributed by atoms with Gasteiger partial charge < -0.3 is 10.3 Å². The Morgan fingerprint density at radius 3 is 2.94 bits per heavy atom. The van der Waals surface area contributed by atoms with Crippen molar-refractivity contribution >= 4 is 28.6 Å². The van der Waals surface area contributed by atoms with Crippen molar-refractivity contribution in [1.29, 1.82) is 0 Å². The molecule has 0 saturated heterocycles. The summed E-state index contributed by atoms with van der Waals surface area (Å²) in [7, 11) is 0. The number of rotatable bonds is 2. The molecule has 5 nitrogen and oxygen atoms in total. The highest BCUT2D eigenvalue weighted by atomic mass is 35.5. The molecule has 90 valence electrons. The minimum absolute atomic E-state index is 0.350. The molecule has 0 atom stereocenters. The fourth-order valence-corrected chi connectivity index (χ4v) is 2.40. The maximum absolute atomic E-state index is 6.02. The Morgan fingerprint density at radius 2 is 2.22 bits per heavy atom. The van der Waals surface area contributed by atoms with E-state index < -0.39 is 0 Å². The van der Waals surface area contributed by atoms with Crippen molar-refractivity contribution in [2.24, 2.45) is 0 Å². The lowest BCUT2D eigenvalue weighted by Gasteiger charge is -1.94. The van der Waals surface area contributed by atoms with Gasteiger partial charge in [0.25, 0.3) is 5.89 Å². The summed E-state index contributed by atoms with van der Waals surface area (Å²) in [6.07, 6.45) is 1.62. The summed E-state index contributed by atoms with van der Waals surface area (Å²) < 4.78 is 5.17. The maximum Gasteiger partial charge on any atom is 0.270 e. The van der Waals surface area contributed by atoms with Crippen LogP contribution >= 0.6 is 22.9 Å². The van der Waals surface area contributed by atoms with Gasteiger partial charge in [0, 0.05) is 6.20 Å². The van der Waals surface area contributed by atoms with Gasteiger partial charge in [0.15, 0.2) is 0 Å². The van der Waals surface area contributed by atoms with Gasteiger partial charge in [0.05, 0.1) is 10.7 Å². The molecule has 3 aromatic heterocycles. The van der Waals surface area contributed by atoms with Crippen molar-refractivity contribution in [3.05, 3.63) is 34.8 Å². The molecule has 3 rings (SSSR count). The first-order valence-corrected chi connectivity index (χ1v) is 6.29. The molecule has 0 spiro atoms. The normalized spacial score (nSPS) is 10.7. The van der Waals surface area contributed by atoms with Gasteiger partial charge in [-0.2, -0.15) is 4.98 Å². The first-order valence-electron chi connectivity index (χ1n) is 5.03. The number of hydrogen-bond donors (Lipinski definition) is 1. The van der Waals surface area contributed by atoms with Crippen molar-refractivity contribution in [2.75, 3.05) is 5.73 Å². The Hall–Kier alpha value is -1.92. The van der Waals surface area contributed by atoms with Crippen molar-refractivity contribution in [3.8, 4) is 22.3 Å². The highest BCUT2D eigenvalue weighted by molar-refractivity contribution is 7.14. The third-order valence-corrected chi connectivity index (χ3v) is 3.51. The van der Waals surface area contributed by atoms with E-state index in [0.29, 0.717) is 28.1 Å². The quantitative estimate of drug-likeness (QED) is 0.779. The minimum Gasteiger partial charge on any atom is -0.397 e. The topological polar surface area (TPSA) is 77.8 Å². The third-order valence-electron chi connectivity index (χ3n) is 2.29. The van der Waals surface area contributed by atoms with Crippen molar-refractivity contribution in [3.63, 3.8) is 0 Å². The Balaban J connectivity index is 2.05. The van der Waals surface area contributed by atoms with Gasteiger partial charge in [0.1, 0.15) is 10.6 Å². The molecule has 0 radical (unpaired) electrons. The molecule has 0 fully saturated rings. The average molecular weight is 279 g/mol. The molecule has 0 unspecified atom stereocenters. The van der Waals surface area contributed by atoms with Gasteiger partial charge in [-0.15, -0.1) is 11.3 Å². The second kappa shape index (κ2) is 4.40. The van der Waals surface area contributed by atoms with E-state index in [2.05, 4.69) is 15.1 Å². The predicted octanol–water partition coefficient (Wildman–Crippen LogP) is 3.10. The third kappa shape index (κ3) is 1.85. The number of hydrogen-bond acceptors (Lipinski definition) is 6. The van der Waals surface area contributed by atoms with Crippen LogP contribution in [0, 0.1) is 0 Å². The number of thiophene rings is 1. The molecule has 0 aliphatic heterocycles. The smallest absolute Gasteiger partial charge is 0.270 e. The molecule has 0 saturated carbocycles. The van der Waals surface area contributed by atoms with Crippen molar-refractivity contribution < 1.29 is 4.52 Å². The lowest BCUT2D eigenvalue weighted by molar-refractivity contribution is 0.433. The van der Waals surface area contributed by atoms with E-state index in [0.717, 1.165) is 4.88 Å². The van der Waals surface area contributed by atoms with E-state index >= 15 is 0 Å². The number of aromatic nitrogens is 3. The molecule has 3 heterocycles. The molecular formula is C11H7ClN4OS. The van der Waals surface area contributed by atoms with Crippen LogP contribution in [0.25, 0.3) is 22.3 Å². The predicted molar refractivity (Wildman–Crippen MR) is 70.3 cm³/mol. The number of pyridine rings is 1. The maximum atomic E-state index is 6.02. The van der Waals surface area contributed by atoms with Crippen LogP contribution in [0.3, 0.4) is 0 Å². The number of nitrogens with zero attached hydrogens (tertiary/aromatic N) is 3. The van der Waals surface area contributed by atoms with E-state index in [9.17, 15) is 0 Å². The van der Waals surface area contributed by atoms with Gasteiger partial charge in [0.2, 0.25) is 5.82 Å². The highest BCUT2D eigenvalue weighted by Crippen LogP contribution is 2.32. The molecule has 0 bridgehead atoms. The van der Waals surface area contributed by atoms with Gasteiger partial charge in [-0.05, 0) is 23.6 Å². The molecule has 3 aromatic rings. The number of nitrogens with two attached hydrogens (primary N) is 1. The van der Waals surface area contributed by atoms with Gasteiger partial charge in [-0.25, -0.2) is 0 Å². The summed E-state index contributed by atoms with van der Waals surface area (Å²) in [6, 6.07) is 5.25. The zero-order valence-corrected chi connectivity index (χ0v) is 10.6. The van der Waals surface area contributed by atoms with Crippen LogP contribution in [0.1, 0.15) is 0 Å². The summed E-state index contributed by atoms with van der Waals surface area (Å²) in [4.78, 5) is 9.12. The molecule has 7 heteroatoms. The summed E-state index contributed by atoms with van der Waals surface area (Å²) in [5, 5.41) is 6.20. The monoisotopic (exact) mass is 278 g/mol. The van der Waals surface area contributed by atoms with Crippen LogP contribution in [0.5, 0.6) is 0 Å². The number of halogens is 1. The van der Waals surface area contributed by atoms with Crippen molar-refractivity contribution in [2.45, 2.75) is 0 Å². The fourth-order valence-electron chi connectivity index (χ4n) is 1.46. The van der Waals surface area contributed by atoms with E-state index in [1.807, 2.05) is 5.38 Å². The molecule has 0 amide bonds. The Labute approximate surface area is 111 Å². The van der Waals surface area contributed by atoms with Gasteiger partial charge >= 0.3 is 0 Å². The van der Waals surface area contributed by atoms with Crippen LogP contribution in [0.4, 0.5) is 5.69 Å². The first kappa shape index (κ1) is 11.2. The summed E-state index contributed by atoms with van der Waals surface area (Å²) in [5.41, 5.74) is 6.89. The second-order valence-corrected chi connectivity index (χ2v) is 4.79. The molecule has 2 N–H and O–H groups in total. The summed E-state index contributed by atoms with van der Waals surface area (Å²) in [5.74, 6) is 0.725. The van der Waals surface area contributed by atoms with E-state index in [4.69, 9.17) is 21.9 Å². The standard InChI is InChI=1S/C11H7ClN4OS/c12-6-2-1-4-14-8(6)10-15-11(17-16-10)9-7(13)3-5-18-9/h1-5H,13H2. The van der Waals surface area contributed by atoms with E-state index in [-0.39, 0.29) is 0 Å². The lowest BCUT2D eigenvalue weighted by Crippen LogP contribution is -1.87. The highest BCUT2D eigenvalue weighted by Gasteiger charge is 2.16. The van der Waals surface area contributed by atoms with Crippen LogP contribution in [-0.4, -0.2) is 15.1 Å². The number of nitrogen functional groups attached to an aromatic ring is 1. The van der Waals surface area contributed by atoms with Crippen LogP contribution < -0.4 is 5.73 Å². The Bertz CT molecular complexity index is 694. The zero-order valence-electron chi connectivity index (χ0n) is 9.00. The zero-order chi connectivity index (χ0) is 12.5. The fraction of sp³-hybridized carbons (Fsp3) is 0. The van der Waals surface area contributed by atoms with Crippen LogP contribution in [0.2, 0.25) is 5.02 Å². The van der Waals surface area contributed by atoms with Gasteiger partial charge in [-0.3, -0.25) is 4.98 Å². The average Bonchev–Trinajstić information content (AvgIpc) is 2.98. The Morgan fingerprint density at radius 1 is 1.33 bits per heavy atom. The minimum atomic E-state index is 0.350. The molecule has 0 aliphatic rings. The number of anilines is 1. The van der Waals surface area contributed by atoms with E-state index in [1.54, 1.807) is 24.4 Å². The summed E-state index contributed by atoms with van der Waals surface area (Å²) >= 11 is 7.46. The van der Waals surface area contributed by atoms with Crippen LogP contribution in [0.15, 0.2) is 34.3 Å². The van der Waals surface area contributed by atoms with Crippen LogP contribution in [-0.2, 0) is 0 Å². The SMILES string of the molecule is Nc1ccsc1-c1nc(-c2ncccc2Cl)no1. The Kier molecular flexibility index (Phi) is 2.73. The molecule has 0 aromatic carbocycles. The first-order chi connectivity index (χ1) is 8.75. The largest absolute Gasteiger partial charge is 0.397 e. The molecule has 18 heavy (non-hydrogen) atoms. The van der Waals surface area contributed by atoms with Gasteiger partial charge in [-0.1, -0.05) is 16.8 Å². The lowest BCUT2D eigenvalue weighted by atomic mass is 10.3. The van der Waals surface area contributed by atoms with Crippen molar-refractivity contribution in [1.82, 2.24) is 15.1 Å².